The van der Waals surface area contributed by atoms with Crippen molar-refractivity contribution in [3.63, 3.8) is 0 Å². The van der Waals surface area contributed by atoms with Gasteiger partial charge in [-0.3, -0.25) is 0 Å². The zero-order chi connectivity index (χ0) is 14.3. The molecule has 2 fully saturated rings. The number of hydrogen-bond donors (Lipinski definition) is 0. The maximum absolute atomic E-state index is 11.4. The van der Waals surface area contributed by atoms with E-state index in [2.05, 4.69) is 0 Å². The molecule has 2 rings (SSSR count). The minimum absolute atomic E-state index is 0.265. The van der Waals surface area contributed by atoms with Crippen molar-refractivity contribution in [2.45, 2.75) is 63.4 Å². The standard InChI is InChI=1S/C16H28O4/c1-18-15(17)16(13-20-16)10-12-19-11-6-5-9-14-7-3-2-4-8-14/h14H,2-13H2,1H3. The third-order valence-electron chi connectivity index (χ3n) is 4.58. The molecule has 1 atom stereocenters. The van der Waals surface area contributed by atoms with Crippen molar-refractivity contribution in [3.8, 4) is 0 Å². The van der Waals surface area contributed by atoms with E-state index in [1.807, 2.05) is 0 Å². The van der Waals surface area contributed by atoms with Crippen LogP contribution in [0.4, 0.5) is 0 Å². The van der Waals surface area contributed by atoms with Crippen LogP contribution in [-0.2, 0) is 19.0 Å². The Morgan fingerprint density at radius 1 is 1.20 bits per heavy atom. The second-order valence-corrected chi connectivity index (χ2v) is 6.14. The van der Waals surface area contributed by atoms with Gasteiger partial charge < -0.3 is 14.2 Å². The third kappa shape index (κ3) is 4.74. The Labute approximate surface area is 122 Å². The predicted octanol–water partition coefficient (Wildman–Crippen LogP) is 3.09. The van der Waals surface area contributed by atoms with Crippen LogP contribution in [0.3, 0.4) is 0 Å². The fourth-order valence-corrected chi connectivity index (χ4v) is 3.09. The lowest BCUT2D eigenvalue weighted by atomic mass is 9.86. The third-order valence-corrected chi connectivity index (χ3v) is 4.58. The van der Waals surface area contributed by atoms with Gasteiger partial charge in [-0.25, -0.2) is 4.79 Å². The van der Waals surface area contributed by atoms with Gasteiger partial charge in [0.05, 0.1) is 13.7 Å². The number of epoxide rings is 1. The van der Waals surface area contributed by atoms with E-state index in [1.54, 1.807) is 0 Å². The van der Waals surface area contributed by atoms with Gasteiger partial charge in [0.25, 0.3) is 0 Å². The normalized spacial score (nSPS) is 26.4. The molecule has 0 amide bonds. The van der Waals surface area contributed by atoms with Crippen molar-refractivity contribution >= 4 is 5.97 Å². The fraction of sp³-hybridized carbons (Fsp3) is 0.938. The number of esters is 1. The van der Waals surface area contributed by atoms with Crippen LogP contribution in [-0.4, -0.2) is 38.5 Å². The molecule has 4 nitrogen and oxygen atoms in total. The Balaban J connectivity index is 1.43. The van der Waals surface area contributed by atoms with Crippen molar-refractivity contribution in [1.29, 1.82) is 0 Å². The predicted molar refractivity (Wildman–Crippen MR) is 76.6 cm³/mol. The van der Waals surface area contributed by atoms with Gasteiger partial charge in [-0.05, 0) is 12.3 Å². The van der Waals surface area contributed by atoms with E-state index in [4.69, 9.17) is 14.2 Å². The Morgan fingerprint density at radius 2 is 1.95 bits per heavy atom. The topological polar surface area (TPSA) is 48.1 Å². The summed E-state index contributed by atoms with van der Waals surface area (Å²) in [6.07, 6.45) is 11.5. The lowest BCUT2D eigenvalue weighted by Crippen LogP contribution is -2.27. The minimum atomic E-state index is -0.684. The number of rotatable bonds is 9. The average Bonchev–Trinajstić information content (AvgIpc) is 3.27. The number of ether oxygens (including phenoxy) is 3. The van der Waals surface area contributed by atoms with E-state index in [9.17, 15) is 4.79 Å². The number of hydrogen-bond acceptors (Lipinski definition) is 4. The summed E-state index contributed by atoms with van der Waals surface area (Å²) in [7, 11) is 1.40. The maximum atomic E-state index is 11.4. The van der Waals surface area contributed by atoms with Crippen molar-refractivity contribution < 1.29 is 19.0 Å². The lowest BCUT2D eigenvalue weighted by Gasteiger charge is -2.21. The van der Waals surface area contributed by atoms with E-state index < -0.39 is 5.60 Å². The molecule has 1 aliphatic carbocycles. The van der Waals surface area contributed by atoms with Gasteiger partial charge in [0.2, 0.25) is 0 Å². The molecule has 0 N–H and O–H groups in total. The number of unbranched alkanes of at least 4 members (excludes halogenated alkanes) is 1. The van der Waals surface area contributed by atoms with E-state index in [1.165, 1.54) is 52.1 Å². The smallest absolute Gasteiger partial charge is 0.340 e. The quantitative estimate of drug-likeness (QED) is 0.371. The van der Waals surface area contributed by atoms with Crippen LogP contribution in [0.15, 0.2) is 0 Å². The lowest BCUT2D eigenvalue weighted by molar-refractivity contribution is -0.147. The Hall–Kier alpha value is -0.610. The number of carbonyl (C=O) groups excluding carboxylic acids is 1. The summed E-state index contributed by atoms with van der Waals surface area (Å²) in [4.78, 5) is 11.4. The summed E-state index contributed by atoms with van der Waals surface area (Å²) < 4.78 is 15.5. The number of methoxy groups -OCH3 is 1. The van der Waals surface area contributed by atoms with Crippen LogP contribution in [0.5, 0.6) is 0 Å². The van der Waals surface area contributed by atoms with E-state index in [-0.39, 0.29) is 5.97 Å². The van der Waals surface area contributed by atoms with Crippen LogP contribution >= 0.6 is 0 Å². The molecule has 2 aliphatic rings. The number of carbonyl (C=O) groups is 1. The summed E-state index contributed by atoms with van der Waals surface area (Å²) >= 11 is 0. The molecule has 1 saturated carbocycles. The molecule has 1 aliphatic heterocycles. The van der Waals surface area contributed by atoms with Crippen molar-refractivity contribution in [1.82, 2.24) is 0 Å². The first kappa shape index (κ1) is 15.8. The van der Waals surface area contributed by atoms with Gasteiger partial charge in [0.15, 0.2) is 5.60 Å². The highest BCUT2D eigenvalue weighted by atomic mass is 16.6. The second-order valence-electron chi connectivity index (χ2n) is 6.14. The molecule has 20 heavy (non-hydrogen) atoms. The van der Waals surface area contributed by atoms with Crippen LogP contribution in [0.1, 0.15) is 57.8 Å². The Morgan fingerprint density at radius 3 is 2.60 bits per heavy atom. The highest BCUT2D eigenvalue weighted by Crippen LogP contribution is 2.32. The zero-order valence-electron chi connectivity index (χ0n) is 12.7. The summed E-state index contributed by atoms with van der Waals surface area (Å²) in [6, 6.07) is 0. The average molecular weight is 284 g/mol. The Bertz CT molecular complexity index is 293. The van der Waals surface area contributed by atoms with E-state index in [0.29, 0.717) is 19.6 Å². The molecular formula is C16H28O4. The van der Waals surface area contributed by atoms with Crippen LogP contribution in [0.25, 0.3) is 0 Å². The van der Waals surface area contributed by atoms with Gasteiger partial charge in [-0.2, -0.15) is 0 Å². The summed E-state index contributed by atoms with van der Waals surface area (Å²) in [5.74, 6) is 0.699. The van der Waals surface area contributed by atoms with Crippen LogP contribution in [0.2, 0.25) is 0 Å². The molecule has 1 unspecified atom stereocenters. The first-order valence-corrected chi connectivity index (χ1v) is 8.07. The molecular weight excluding hydrogens is 256 g/mol. The summed E-state index contributed by atoms with van der Waals surface area (Å²) in [6.45, 7) is 1.85. The monoisotopic (exact) mass is 284 g/mol. The first-order valence-electron chi connectivity index (χ1n) is 8.07. The van der Waals surface area contributed by atoms with Gasteiger partial charge in [-0.15, -0.1) is 0 Å². The molecule has 0 bridgehead atoms. The van der Waals surface area contributed by atoms with Crippen LogP contribution in [0, 0.1) is 5.92 Å². The summed E-state index contributed by atoms with van der Waals surface area (Å²) in [5.41, 5.74) is -0.684. The van der Waals surface area contributed by atoms with Crippen LogP contribution < -0.4 is 0 Å². The van der Waals surface area contributed by atoms with Crippen molar-refractivity contribution in [2.24, 2.45) is 5.92 Å². The molecule has 116 valence electrons. The SMILES string of the molecule is COC(=O)C1(CCOCCCCC2CCCCC2)CO1. The van der Waals surface area contributed by atoms with Crippen molar-refractivity contribution in [2.75, 3.05) is 26.9 Å². The van der Waals surface area contributed by atoms with Gasteiger partial charge in [0.1, 0.15) is 0 Å². The first-order chi connectivity index (χ1) is 9.77. The molecule has 0 aromatic heterocycles. The molecule has 0 aromatic carbocycles. The molecule has 0 aromatic rings. The highest BCUT2D eigenvalue weighted by molar-refractivity contribution is 5.82. The van der Waals surface area contributed by atoms with Gasteiger partial charge >= 0.3 is 5.97 Å². The zero-order valence-corrected chi connectivity index (χ0v) is 12.7. The molecule has 1 heterocycles. The molecule has 4 heteroatoms. The summed E-state index contributed by atoms with van der Waals surface area (Å²) in [5, 5.41) is 0. The molecule has 1 saturated heterocycles. The Kier molecular flexibility index (Phi) is 6.30. The van der Waals surface area contributed by atoms with Crippen molar-refractivity contribution in [3.05, 3.63) is 0 Å². The minimum Gasteiger partial charge on any atom is -0.467 e. The molecule has 0 spiro atoms. The fourth-order valence-electron chi connectivity index (χ4n) is 3.09. The second kappa shape index (κ2) is 7.99. The maximum Gasteiger partial charge on any atom is 0.340 e. The van der Waals surface area contributed by atoms with Gasteiger partial charge in [0, 0.05) is 19.6 Å². The van der Waals surface area contributed by atoms with E-state index >= 15 is 0 Å². The van der Waals surface area contributed by atoms with Gasteiger partial charge in [-0.1, -0.05) is 44.9 Å². The highest BCUT2D eigenvalue weighted by Gasteiger charge is 2.53. The van der Waals surface area contributed by atoms with E-state index in [0.717, 1.165) is 18.9 Å². The molecule has 0 radical (unpaired) electrons. The largest absolute Gasteiger partial charge is 0.467 e.